The van der Waals surface area contributed by atoms with Crippen molar-refractivity contribution < 1.29 is 8.42 Å². The highest BCUT2D eigenvalue weighted by molar-refractivity contribution is 14.1. The quantitative estimate of drug-likeness (QED) is 0.669. The summed E-state index contributed by atoms with van der Waals surface area (Å²) in [4.78, 5) is 0.0521. The van der Waals surface area contributed by atoms with Gasteiger partial charge in [-0.1, -0.05) is 33.6 Å². The Labute approximate surface area is 138 Å². The van der Waals surface area contributed by atoms with Gasteiger partial charge in [0.2, 0.25) is 0 Å². The van der Waals surface area contributed by atoms with Gasteiger partial charge in [0.05, 0.1) is 5.02 Å². The standard InChI is InChI=1S/C12H8BrClINO2S/c13-8-4-5-12(11(14)6-8)19(17,18)16-10-3-1-2-9(15)7-10/h1-7,16H. The van der Waals surface area contributed by atoms with Crippen molar-refractivity contribution in [3.63, 3.8) is 0 Å². The predicted molar refractivity (Wildman–Crippen MR) is 89.1 cm³/mol. The number of anilines is 1. The molecule has 0 heterocycles. The average molecular weight is 473 g/mol. The van der Waals surface area contributed by atoms with Crippen molar-refractivity contribution in [1.82, 2.24) is 0 Å². The SMILES string of the molecule is O=S(=O)(Nc1cccc(I)c1)c1ccc(Br)cc1Cl. The van der Waals surface area contributed by atoms with Crippen molar-refractivity contribution in [3.05, 3.63) is 55.5 Å². The molecule has 7 heteroatoms. The maximum atomic E-state index is 12.2. The van der Waals surface area contributed by atoms with Crippen LogP contribution in [0.4, 0.5) is 5.69 Å². The minimum absolute atomic E-state index is 0.0521. The molecule has 0 saturated carbocycles. The summed E-state index contributed by atoms with van der Waals surface area (Å²) in [6, 6.07) is 11.7. The van der Waals surface area contributed by atoms with Gasteiger partial charge in [-0.2, -0.15) is 0 Å². The van der Waals surface area contributed by atoms with E-state index < -0.39 is 10.0 Å². The number of sulfonamides is 1. The van der Waals surface area contributed by atoms with E-state index in [4.69, 9.17) is 11.6 Å². The van der Waals surface area contributed by atoms with Crippen molar-refractivity contribution >= 4 is 65.8 Å². The van der Waals surface area contributed by atoms with E-state index in [2.05, 4.69) is 43.2 Å². The lowest BCUT2D eigenvalue weighted by Crippen LogP contribution is -2.13. The Hall–Kier alpha value is -0.310. The van der Waals surface area contributed by atoms with Crippen LogP contribution in [0.5, 0.6) is 0 Å². The lowest BCUT2D eigenvalue weighted by Gasteiger charge is -2.10. The molecular formula is C12H8BrClINO2S. The summed E-state index contributed by atoms with van der Waals surface area (Å²) in [6.07, 6.45) is 0. The molecule has 3 nitrogen and oxygen atoms in total. The second-order valence-corrected chi connectivity index (χ2v) is 7.91. The van der Waals surface area contributed by atoms with E-state index in [1.165, 1.54) is 6.07 Å². The minimum Gasteiger partial charge on any atom is -0.280 e. The predicted octanol–water partition coefficient (Wildman–Crippen LogP) is 4.51. The number of rotatable bonds is 3. The van der Waals surface area contributed by atoms with Crippen LogP contribution in [0.2, 0.25) is 5.02 Å². The van der Waals surface area contributed by atoms with Crippen LogP contribution < -0.4 is 4.72 Å². The molecule has 0 bridgehead atoms. The Morgan fingerprint density at radius 2 is 1.89 bits per heavy atom. The summed E-state index contributed by atoms with van der Waals surface area (Å²) in [5.41, 5.74) is 0.505. The Morgan fingerprint density at radius 3 is 2.53 bits per heavy atom. The van der Waals surface area contributed by atoms with Crippen molar-refractivity contribution in [2.75, 3.05) is 4.72 Å². The molecule has 0 atom stereocenters. The number of nitrogens with one attached hydrogen (secondary N) is 1. The topological polar surface area (TPSA) is 46.2 Å². The fraction of sp³-hybridized carbons (Fsp3) is 0. The number of hydrogen-bond acceptors (Lipinski definition) is 2. The molecule has 1 N–H and O–H groups in total. The smallest absolute Gasteiger partial charge is 0.263 e. The molecule has 0 saturated heterocycles. The molecule has 0 aliphatic heterocycles. The van der Waals surface area contributed by atoms with Crippen LogP contribution in [-0.4, -0.2) is 8.42 Å². The highest BCUT2D eigenvalue weighted by Crippen LogP contribution is 2.27. The van der Waals surface area contributed by atoms with Gasteiger partial charge in [-0.15, -0.1) is 0 Å². The maximum Gasteiger partial charge on any atom is 0.263 e. The van der Waals surface area contributed by atoms with Crippen LogP contribution in [0.3, 0.4) is 0 Å². The molecule has 19 heavy (non-hydrogen) atoms. The first-order valence-corrected chi connectivity index (χ1v) is 8.85. The summed E-state index contributed by atoms with van der Waals surface area (Å²) in [5, 5.41) is 0.174. The fourth-order valence-corrected chi connectivity index (χ4v) is 4.09. The van der Waals surface area contributed by atoms with Crippen LogP contribution in [0.25, 0.3) is 0 Å². The normalized spacial score (nSPS) is 11.3. The van der Waals surface area contributed by atoms with Crippen LogP contribution in [0.15, 0.2) is 51.8 Å². The molecular weight excluding hydrogens is 464 g/mol. The maximum absolute atomic E-state index is 12.2. The van der Waals surface area contributed by atoms with E-state index in [9.17, 15) is 8.42 Å². The van der Waals surface area contributed by atoms with Gasteiger partial charge in [-0.3, -0.25) is 4.72 Å². The third-order valence-electron chi connectivity index (χ3n) is 2.26. The molecule has 0 aliphatic rings. The van der Waals surface area contributed by atoms with Crippen molar-refractivity contribution in [1.29, 1.82) is 0 Å². The van der Waals surface area contributed by atoms with E-state index in [1.54, 1.807) is 30.3 Å². The van der Waals surface area contributed by atoms with Gasteiger partial charge in [-0.25, -0.2) is 8.42 Å². The Morgan fingerprint density at radius 1 is 1.16 bits per heavy atom. The molecule has 0 radical (unpaired) electrons. The van der Waals surface area contributed by atoms with Crippen molar-refractivity contribution in [3.8, 4) is 0 Å². The monoisotopic (exact) mass is 471 g/mol. The van der Waals surface area contributed by atoms with E-state index in [0.29, 0.717) is 5.69 Å². The van der Waals surface area contributed by atoms with Gasteiger partial charge in [-0.05, 0) is 59.0 Å². The molecule has 0 aliphatic carbocycles. The lowest BCUT2D eigenvalue weighted by molar-refractivity contribution is 0.601. The Balaban J connectivity index is 2.38. The van der Waals surface area contributed by atoms with E-state index in [0.717, 1.165) is 8.04 Å². The second-order valence-electron chi connectivity index (χ2n) is 3.69. The van der Waals surface area contributed by atoms with Gasteiger partial charge in [0.25, 0.3) is 10.0 Å². The third-order valence-corrected chi connectivity index (χ3v) is 5.29. The molecule has 0 aromatic heterocycles. The van der Waals surface area contributed by atoms with Crippen molar-refractivity contribution in [2.45, 2.75) is 4.90 Å². The third kappa shape index (κ3) is 3.84. The van der Waals surface area contributed by atoms with Crippen LogP contribution in [0, 0.1) is 3.57 Å². The van der Waals surface area contributed by atoms with E-state index in [-0.39, 0.29) is 9.92 Å². The number of hydrogen-bond donors (Lipinski definition) is 1. The van der Waals surface area contributed by atoms with Gasteiger partial charge in [0.15, 0.2) is 0 Å². The van der Waals surface area contributed by atoms with E-state index >= 15 is 0 Å². The van der Waals surface area contributed by atoms with Gasteiger partial charge < -0.3 is 0 Å². The summed E-state index contributed by atoms with van der Waals surface area (Å²) in [7, 11) is -3.68. The highest BCUT2D eigenvalue weighted by atomic mass is 127. The van der Waals surface area contributed by atoms with Crippen LogP contribution in [-0.2, 0) is 10.0 Å². The van der Waals surface area contributed by atoms with Crippen LogP contribution in [0.1, 0.15) is 0 Å². The lowest BCUT2D eigenvalue weighted by atomic mass is 10.3. The molecule has 2 rings (SSSR count). The van der Waals surface area contributed by atoms with Crippen LogP contribution >= 0.6 is 50.1 Å². The first kappa shape index (κ1) is 15.1. The highest BCUT2D eigenvalue weighted by Gasteiger charge is 2.18. The minimum atomic E-state index is -3.68. The van der Waals surface area contributed by atoms with Gasteiger partial charge in [0, 0.05) is 13.7 Å². The molecule has 0 spiro atoms. The summed E-state index contributed by atoms with van der Waals surface area (Å²) >= 11 is 11.3. The summed E-state index contributed by atoms with van der Waals surface area (Å²) in [6.45, 7) is 0. The first-order valence-electron chi connectivity index (χ1n) is 5.12. The average Bonchev–Trinajstić information content (AvgIpc) is 2.27. The molecule has 2 aromatic carbocycles. The first-order chi connectivity index (χ1) is 8.88. The Bertz CT molecular complexity index is 721. The fourth-order valence-electron chi connectivity index (χ4n) is 1.46. The number of halogens is 3. The zero-order valence-electron chi connectivity index (χ0n) is 9.40. The molecule has 2 aromatic rings. The molecule has 0 fully saturated rings. The van der Waals surface area contributed by atoms with E-state index in [1.807, 2.05) is 6.07 Å². The van der Waals surface area contributed by atoms with Crippen molar-refractivity contribution in [2.24, 2.45) is 0 Å². The zero-order valence-corrected chi connectivity index (χ0v) is 14.7. The zero-order chi connectivity index (χ0) is 14.0. The largest absolute Gasteiger partial charge is 0.280 e. The van der Waals surface area contributed by atoms with Gasteiger partial charge >= 0.3 is 0 Å². The molecule has 0 unspecified atom stereocenters. The second kappa shape index (κ2) is 5.99. The Kier molecular flexibility index (Phi) is 4.75. The summed E-state index contributed by atoms with van der Waals surface area (Å²) in [5.74, 6) is 0. The van der Waals surface area contributed by atoms with Gasteiger partial charge in [0.1, 0.15) is 4.90 Å². The molecule has 100 valence electrons. The summed E-state index contributed by atoms with van der Waals surface area (Å²) < 4.78 is 28.6. The molecule has 0 amide bonds. The number of benzene rings is 2.